The molecule has 0 fully saturated rings. The average molecular weight is 799 g/mol. The van der Waals surface area contributed by atoms with Crippen molar-refractivity contribution in [1.29, 1.82) is 0 Å². The molecular formula is C44H44F2N2O6S2. The molecule has 0 aliphatic rings. The van der Waals surface area contributed by atoms with Gasteiger partial charge in [-0.2, -0.15) is 0 Å². The largest absolute Gasteiger partial charge is 0.494 e. The fraction of sp³-hybridized carbons (Fsp3) is 0.273. The van der Waals surface area contributed by atoms with E-state index in [0.29, 0.717) is 60.7 Å². The molecule has 0 saturated carbocycles. The molecule has 2 heterocycles. The number of rotatable bonds is 10. The molecule has 12 heteroatoms. The Bertz CT molecular complexity index is 2490. The summed E-state index contributed by atoms with van der Waals surface area (Å²) in [5.41, 5.74) is 7.54. The molecule has 8 nitrogen and oxygen atoms in total. The van der Waals surface area contributed by atoms with Crippen molar-refractivity contribution in [1.82, 2.24) is 9.13 Å². The van der Waals surface area contributed by atoms with Crippen LogP contribution < -0.4 is 9.47 Å². The van der Waals surface area contributed by atoms with Crippen LogP contribution in [-0.4, -0.2) is 55.5 Å². The van der Waals surface area contributed by atoms with E-state index in [1.165, 1.54) is 32.4 Å². The number of hydrogen-bond donors (Lipinski definition) is 2. The lowest BCUT2D eigenvalue weighted by Gasteiger charge is -2.20. The Morgan fingerprint density at radius 1 is 0.714 bits per heavy atom. The van der Waals surface area contributed by atoms with Crippen molar-refractivity contribution in [3.05, 3.63) is 129 Å². The third kappa shape index (κ3) is 8.08. The van der Waals surface area contributed by atoms with Gasteiger partial charge in [-0.15, -0.1) is 0 Å². The molecular weight excluding hydrogens is 755 g/mol. The van der Waals surface area contributed by atoms with Crippen molar-refractivity contribution in [2.24, 2.45) is 5.92 Å². The van der Waals surface area contributed by atoms with Gasteiger partial charge in [-0.05, 0) is 56.9 Å². The number of halogens is 2. The van der Waals surface area contributed by atoms with E-state index in [1.807, 2.05) is 83.1 Å². The lowest BCUT2D eigenvalue weighted by atomic mass is 9.84. The number of carboxylic acids is 2. The number of carboxylic acid groups (broad SMARTS) is 2. The molecule has 0 spiro atoms. The van der Waals surface area contributed by atoms with E-state index >= 15 is 0 Å². The molecule has 6 aromatic rings. The van der Waals surface area contributed by atoms with E-state index in [9.17, 15) is 28.6 Å². The number of thiocarbonyl (C=S) groups is 2. The van der Waals surface area contributed by atoms with Gasteiger partial charge in [-0.25, -0.2) is 8.78 Å². The number of nitrogens with zero attached hydrogens (tertiary/aromatic N) is 2. The molecule has 2 aromatic heterocycles. The van der Waals surface area contributed by atoms with Gasteiger partial charge >= 0.3 is 11.9 Å². The van der Waals surface area contributed by atoms with Crippen LogP contribution in [0.5, 0.6) is 11.5 Å². The van der Waals surface area contributed by atoms with E-state index in [-0.39, 0.29) is 23.8 Å². The molecule has 56 heavy (non-hydrogen) atoms. The molecule has 292 valence electrons. The molecule has 0 aliphatic heterocycles. The molecule has 2 atom stereocenters. The highest BCUT2D eigenvalue weighted by atomic mass is 32.1. The number of aryl methyl sites for hydroxylation is 2. The predicted octanol–water partition coefficient (Wildman–Crippen LogP) is 10.1. The zero-order valence-corrected chi connectivity index (χ0v) is 34.1. The first-order valence-corrected chi connectivity index (χ1v) is 18.8. The maximum absolute atomic E-state index is 14.6. The Kier molecular flexibility index (Phi) is 12.8. The number of carbonyl (C=O) groups is 2. The van der Waals surface area contributed by atoms with Crippen LogP contribution in [0.1, 0.15) is 71.0 Å². The molecule has 0 amide bonds. The highest BCUT2D eigenvalue weighted by Gasteiger charge is 2.33. The first-order valence-electron chi connectivity index (χ1n) is 18.0. The van der Waals surface area contributed by atoms with Gasteiger partial charge in [-0.3, -0.25) is 9.59 Å². The Morgan fingerprint density at radius 2 is 1.14 bits per heavy atom. The summed E-state index contributed by atoms with van der Waals surface area (Å²) in [6.07, 6.45) is 0.518. The first kappa shape index (κ1) is 41.7. The number of ether oxygens (including phenoxy) is 2. The maximum atomic E-state index is 14.6. The molecule has 0 aliphatic carbocycles. The molecule has 0 bridgehead atoms. The number of benzene rings is 4. The standard InChI is InChI=1S/C24H26FNO3S.C20H18FNO3S/c1-6-14(3)21(24(27)28)22-15(4)26(23(30)16-9-7-13(2)8-10-16)19-12-18(25)20(29-5)11-17(19)22;1-11-4-6-13(7-5-11)20(26)22-12(2)14(9-19(23)24)15-8-18(25-3)16(21)10-17(15)22/h7-12,14,21H,6H2,1-5H3,(H,27,28);4-8,10H,9H2,1-3H3,(H,23,24). The number of aromatic nitrogens is 2. The molecule has 0 radical (unpaired) electrons. The molecule has 6 rings (SSSR count). The van der Waals surface area contributed by atoms with Crippen LogP contribution in [0.25, 0.3) is 21.8 Å². The van der Waals surface area contributed by atoms with Gasteiger partial charge < -0.3 is 28.8 Å². The predicted molar refractivity (Wildman–Crippen MR) is 224 cm³/mol. The second-order valence-electron chi connectivity index (χ2n) is 13.9. The lowest BCUT2D eigenvalue weighted by Crippen LogP contribution is -2.21. The van der Waals surface area contributed by atoms with Gasteiger partial charge in [0.1, 0.15) is 9.98 Å². The third-order valence-electron chi connectivity index (χ3n) is 10.3. The van der Waals surface area contributed by atoms with E-state index in [0.717, 1.165) is 22.3 Å². The van der Waals surface area contributed by atoms with Gasteiger partial charge in [0.25, 0.3) is 0 Å². The van der Waals surface area contributed by atoms with E-state index in [1.54, 1.807) is 22.1 Å². The normalized spacial score (nSPS) is 12.2. The van der Waals surface area contributed by atoms with Crippen LogP contribution in [0.15, 0.2) is 72.8 Å². The summed E-state index contributed by atoms with van der Waals surface area (Å²) in [5.74, 6) is -3.60. The third-order valence-corrected chi connectivity index (χ3v) is 11.1. The molecule has 0 saturated heterocycles. The van der Waals surface area contributed by atoms with Crippen molar-refractivity contribution in [2.45, 2.75) is 60.3 Å². The number of fused-ring (bicyclic) bond motifs is 2. The van der Waals surface area contributed by atoms with Gasteiger partial charge in [0.2, 0.25) is 0 Å². The minimum absolute atomic E-state index is 0.0718. The van der Waals surface area contributed by atoms with Crippen LogP contribution >= 0.6 is 24.4 Å². The lowest BCUT2D eigenvalue weighted by molar-refractivity contribution is -0.140. The number of hydrogen-bond acceptors (Lipinski definition) is 6. The quantitative estimate of drug-likeness (QED) is 0.132. The average Bonchev–Trinajstić information content (AvgIpc) is 3.58. The highest BCUT2D eigenvalue weighted by molar-refractivity contribution is 7.81. The van der Waals surface area contributed by atoms with E-state index < -0.39 is 29.5 Å². The van der Waals surface area contributed by atoms with Crippen molar-refractivity contribution in [3.63, 3.8) is 0 Å². The second kappa shape index (κ2) is 17.1. The summed E-state index contributed by atoms with van der Waals surface area (Å²) in [6.45, 7) is 11.5. The van der Waals surface area contributed by atoms with Crippen LogP contribution in [0.4, 0.5) is 8.78 Å². The Balaban J connectivity index is 0.000000216. The van der Waals surface area contributed by atoms with Crippen LogP contribution in [0, 0.1) is 45.2 Å². The number of methoxy groups -OCH3 is 2. The maximum Gasteiger partial charge on any atom is 0.311 e. The summed E-state index contributed by atoms with van der Waals surface area (Å²) in [7, 11) is 2.77. The minimum atomic E-state index is -0.961. The fourth-order valence-corrected chi connectivity index (χ4v) is 7.80. The fourth-order valence-electron chi connectivity index (χ4n) is 7.06. The van der Waals surface area contributed by atoms with Gasteiger partial charge in [0.15, 0.2) is 23.1 Å². The Morgan fingerprint density at radius 3 is 1.55 bits per heavy atom. The monoisotopic (exact) mass is 798 g/mol. The molecule has 4 aromatic carbocycles. The molecule has 2 unspecified atom stereocenters. The topological polar surface area (TPSA) is 103 Å². The smallest absolute Gasteiger partial charge is 0.311 e. The van der Waals surface area contributed by atoms with Crippen LogP contribution in [0.3, 0.4) is 0 Å². The van der Waals surface area contributed by atoms with Crippen molar-refractivity contribution in [2.75, 3.05) is 14.2 Å². The summed E-state index contributed by atoms with van der Waals surface area (Å²) in [6, 6.07) is 21.3. The van der Waals surface area contributed by atoms with Gasteiger partial charge in [-0.1, -0.05) is 104 Å². The summed E-state index contributed by atoms with van der Waals surface area (Å²) in [5, 5.41) is 20.6. The van der Waals surface area contributed by atoms with Crippen molar-refractivity contribution < 1.29 is 38.1 Å². The second-order valence-corrected chi connectivity index (χ2v) is 14.6. The van der Waals surface area contributed by atoms with Gasteiger partial charge in [0.05, 0.1) is 37.6 Å². The molecule has 2 N–H and O–H groups in total. The van der Waals surface area contributed by atoms with Gasteiger partial charge in [0, 0.05) is 45.4 Å². The zero-order chi connectivity index (χ0) is 41.2. The summed E-state index contributed by atoms with van der Waals surface area (Å²) in [4.78, 5) is 24.6. The summed E-state index contributed by atoms with van der Waals surface area (Å²) >= 11 is 11.4. The first-order chi connectivity index (χ1) is 26.5. The Labute approximate surface area is 335 Å². The van der Waals surface area contributed by atoms with Crippen molar-refractivity contribution in [3.8, 4) is 11.5 Å². The highest BCUT2D eigenvalue weighted by Crippen LogP contribution is 2.40. The van der Waals surface area contributed by atoms with Crippen molar-refractivity contribution >= 4 is 68.2 Å². The minimum Gasteiger partial charge on any atom is -0.494 e. The van der Waals surface area contributed by atoms with Crippen LogP contribution in [-0.2, 0) is 16.0 Å². The Hall–Kier alpha value is -5.46. The SMILES string of the molecule is CCC(C)C(C(=O)O)c1c(C)n(C(=S)c2ccc(C)cc2)c2cc(F)c(OC)cc12.COc1cc2c(CC(=O)O)c(C)n(C(=S)c3ccc(C)cc3)c2cc1F. The zero-order valence-electron chi connectivity index (χ0n) is 32.5. The van der Waals surface area contributed by atoms with E-state index in [4.69, 9.17) is 33.9 Å². The van der Waals surface area contributed by atoms with E-state index in [2.05, 4.69) is 0 Å². The summed E-state index contributed by atoms with van der Waals surface area (Å²) < 4.78 is 42.7. The van der Waals surface area contributed by atoms with Crippen LogP contribution in [0.2, 0.25) is 0 Å². The number of aliphatic carboxylic acids is 2.